The number of rotatable bonds is 4. The van der Waals surface area contributed by atoms with Gasteiger partial charge in [0.05, 0.1) is 18.3 Å². The Kier molecular flexibility index (Phi) is 5.23. The molecule has 0 amide bonds. The van der Waals surface area contributed by atoms with Crippen LogP contribution in [0.3, 0.4) is 0 Å². The van der Waals surface area contributed by atoms with Gasteiger partial charge in [0, 0.05) is 30.4 Å². The number of benzene rings is 1. The van der Waals surface area contributed by atoms with Gasteiger partial charge in [-0.1, -0.05) is 12.1 Å². The summed E-state index contributed by atoms with van der Waals surface area (Å²) >= 11 is 0. The second-order valence-corrected chi connectivity index (χ2v) is 9.56. The zero-order valence-electron chi connectivity index (χ0n) is 17.8. The summed E-state index contributed by atoms with van der Waals surface area (Å²) in [5.41, 5.74) is 4.02. The number of hydrogen-bond acceptors (Lipinski definition) is 4. The van der Waals surface area contributed by atoms with E-state index in [1.165, 1.54) is 51.0 Å². The highest BCUT2D eigenvalue weighted by Crippen LogP contribution is 2.39. The van der Waals surface area contributed by atoms with Crippen molar-refractivity contribution in [2.75, 3.05) is 33.3 Å². The maximum atomic E-state index is 5.45. The van der Waals surface area contributed by atoms with E-state index in [2.05, 4.69) is 54.0 Å². The van der Waals surface area contributed by atoms with Crippen molar-refractivity contribution in [3.8, 4) is 17.0 Å². The largest absolute Gasteiger partial charge is 0.497 e. The Balaban J connectivity index is 1.61. The summed E-state index contributed by atoms with van der Waals surface area (Å²) < 4.78 is 7.57. The third kappa shape index (κ3) is 3.96. The molecule has 3 heterocycles. The SMILES string of the molecule is COc1cccc(-c2nn(C(C)(C)C)cc2CN2CCC3(CCNCC3)C2)c1. The number of nitrogens with one attached hydrogen (secondary N) is 1. The van der Waals surface area contributed by atoms with Crippen molar-refractivity contribution in [3.63, 3.8) is 0 Å². The molecule has 2 saturated heterocycles. The average Bonchev–Trinajstić information content (AvgIpc) is 3.27. The predicted octanol–water partition coefficient (Wildman–Crippen LogP) is 3.89. The van der Waals surface area contributed by atoms with E-state index in [-0.39, 0.29) is 5.54 Å². The molecule has 2 aliphatic rings. The van der Waals surface area contributed by atoms with Gasteiger partial charge >= 0.3 is 0 Å². The number of nitrogens with zero attached hydrogens (tertiary/aromatic N) is 3. The van der Waals surface area contributed by atoms with Crippen LogP contribution in [0.4, 0.5) is 0 Å². The third-order valence-corrected chi connectivity index (χ3v) is 6.40. The molecule has 5 nitrogen and oxygen atoms in total. The molecule has 0 aliphatic carbocycles. The highest BCUT2D eigenvalue weighted by Gasteiger charge is 2.39. The molecular weight excluding hydrogens is 348 g/mol. The Morgan fingerprint density at radius 2 is 1.96 bits per heavy atom. The van der Waals surface area contributed by atoms with Crippen LogP contribution in [-0.4, -0.2) is 48.0 Å². The second kappa shape index (κ2) is 7.53. The van der Waals surface area contributed by atoms with Crippen molar-refractivity contribution in [1.29, 1.82) is 0 Å². The van der Waals surface area contributed by atoms with Crippen molar-refractivity contribution in [2.45, 2.75) is 52.1 Å². The van der Waals surface area contributed by atoms with Crippen LogP contribution in [0.25, 0.3) is 11.3 Å². The summed E-state index contributed by atoms with van der Waals surface area (Å²) in [4.78, 5) is 2.64. The fourth-order valence-electron chi connectivity index (χ4n) is 4.65. The Morgan fingerprint density at radius 3 is 2.68 bits per heavy atom. The average molecular weight is 383 g/mol. The van der Waals surface area contributed by atoms with Crippen molar-refractivity contribution < 1.29 is 4.74 Å². The van der Waals surface area contributed by atoms with Crippen LogP contribution in [0.2, 0.25) is 0 Å². The molecule has 5 heteroatoms. The molecule has 0 atom stereocenters. The zero-order chi connectivity index (χ0) is 19.8. The minimum atomic E-state index is -0.0346. The maximum Gasteiger partial charge on any atom is 0.119 e. The van der Waals surface area contributed by atoms with Crippen molar-refractivity contribution in [3.05, 3.63) is 36.0 Å². The van der Waals surface area contributed by atoms with E-state index in [0.717, 1.165) is 23.6 Å². The van der Waals surface area contributed by atoms with E-state index in [1.807, 2.05) is 12.1 Å². The molecule has 4 rings (SSSR count). The molecule has 1 N–H and O–H groups in total. The lowest BCUT2D eigenvalue weighted by Gasteiger charge is -2.33. The highest BCUT2D eigenvalue weighted by molar-refractivity contribution is 5.64. The fraction of sp³-hybridized carbons (Fsp3) is 0.609. The van der Waals surface area contributed by atoms with E-state index < -0.39 is 0 Å². The molecule has 1 aromatic carbocycles. The number of likely N-dealkylation sites (tertiary alicyclic amines) is 1. The first-order chi connectivity index (χ1) is 13.4. The van der Waals surface area contributed by atoms with Gasteiger partial charge in [0.1, 0.15) is 5.75 Å². The number of methoxy groups -OCH3 is 1. The standard InChI is InChI=1S/C23H34N4O/c1-22(2,3)27-16-19(21(25-27)18-6-5-7-20(14-18)28-4)15-26-13-10-23(17-26)8-11-24-12-9-23/h5-7,14,16,24H,8-13,15,17H2,1-4H3. The Labute approximate surface area is 169 Å². The highest BCUT2D eigenvalue weighted by atomic mass is 16.5. The van der Waals surface area contributed by atoms with Crippen LogP contribution >= 0.6 is 0 Å². The summed E-state index contributed by atoms with van der Waals surface area (Å²) in [5.74, 6) is 0.878. The summed E-state index contributed by atoms with van der Waals surface area (Å²) in [6, 6.07) is 8.27. The molecule has 28 heavy (non-hydrogen) atoms. The van der Waals surface area contributed by atoms with Crippen LogP contribution in [0.1, 0.15) is 45.6 Å². The molecule has 2 fully saturated rings. The van der Waals surface area contributed by atoms with Gasteiger partial charge in [-0.05, 0) is 77.2 Å². The van der Waals surface area contributed by atoms with Crippen molar-refractivity contribution in [1.82, 2.24) is 20.0 Å². The fourth-order valence-corrected chi connectivity index (χ4v) is 4.65. The molecule has 0 unspecified atom stereocenters. The van der Waals surface area contributed by atoms with Gasteiger partial charge in [-0.15, -0.1) is 0 Å². The van der Waals surface area contributed by atoms with E-state index in [9.17, 15) is 0 Å². The third-order valence-electron chi connectivity index (χ3n) is 6.40. The lowest BCUT2D eigenvalue weighted by Crippen LogP contribution is -2.38. The first-order valence-electron chi connectivity index (χ1n) is 10.6. The Hall–Kier alpha value is -1.85. The molecule has 2 aromatic rings. The van der Waals surface area contributed by atoms with Gasteiger partial charge in [-0.2, -0.15) is 5.10 Å². The first kappa shape index (κ1) is 19.5. The normalized spacial score (nSPS) is 20.0. The lowest BCUT2D eigenvalue weighted by molar-refractivity contribution is 0.194. The molecule has 0 bridgehead atoms. The second-order valence-electron chi connectivity index (χ2n) is 9.56. The minimum absolute atomic E-state index is 0.0346. The summed E-state index contributed by atoms with van der Waals surface area (Å²) in [7, 11) is 1.72. The molecule has 0 radical (unpaired) electrons. The first-order valence-corrected chi connectivity index (χ1v) is 10.6. The van der Waals surface area contributed by atoms with Crippen LogP contribution in [0.5, 0.6) is 5.75 Å². The number of hydrogen-bond donors (Lipinski definition) is 1. The smallest absolute Gasteiger partial charge is 0.119 e. The maximum absolute atomic E-state index is 5.45. The number of ether oxygens (including phenoxy) is 1. The van der Waals surface area contributed by atoms with E-state index in [4.69, 9.17) is 9.84 Å². The van der Waals surface area contributed by atoms with Gasteiger partial charge in [-0.3, -0.25) is 9.58 Å². The van der Waals surface area contributed by atoms with Crippen LogP contribution in [-0.2, 0) is 12.1 Å². The van der Waals surface area contributed by atoms with Gasteiger partial charge < -0.3 is 10.1 Å². The molecule has 0 saturated carbocycles. The van der Waals surface area contributed by atoms with Crippen LogP contribution in [0.15, 0.2) is 30.5 Å². The monoisotopic (exact) mass is 382 g/mol. The number of aromatic nitrogens is 2. The summed E-state index contributed by atoms with van der Waals surface area (Å²) in [6.07, 6.45) is 6.21. The van der Waals surface area contributed by atoms with Crippen LogP contribution < -0.4 is 10.1 Å². The summed E-state index contributed by atoms with van der Waals surface area (Å²) in [6.45, 7) is 12.3. The Morgan fingerprint density at radius 1 is 1.18 bits per heavy atom. The zero-order valence-corrected chi connectivity index (χ0v) is 17.8. The van der Waals surface area contributed by atoms with E-state index in [1.54, 1.807) is 7.11 Å². The van der Waals surface area contributed by atoms with Crippen molar-refractivity contribution in [2.24, 2.45) is 5.41 Å². The van der Waals surface area contributed by atoms with Crippen molar-refractivity contribution >= 4 is 0 Å². The molecule has 2 aliphatic heterocycles. The Bertz CT molecular complexity index is 814. The summed E-state index contributed by atoms with van der Waals surface area (Å²) in [5, 5.41) is 8.52. The van der Waals surface area contributed by atoms with Gasteiger partial charge in [0.15, 0.2) is 0 Å². The lowest BCUT2D eigenvalue weighted by atomic mass is 9.78. The van der Waals surface area contributed by atoms with Crippen LogP contribution in [0, 0.1) is 5.41 Å². The van der Waals surface area contributed by atoms with E-state index in [0.29, 0.717) is 5.41 Å². The number of piperidine rings is 1. The van der Waals surface area contributed by atoms with Gasteiger partial charge in [0.2, 0.25) is 0 Å². The van der Waals surface area contributed by atoms with Gasteiger partial charge in [0.25, 0.3) is 0 Å². The van der Waals surface area contributed by atoms with Gasteiger partial charge in [-0.25, -0.2) is 0 Å². The molecular formula is C23H34N4O. The van der Waals surface area contributed by atoms with E-state index >= 15 is 0 Å². The topological polar surface area (TPSA) is 42.3 Å². The predicted molar refractivity (Wildman–Crippen MR) is 114 cm³/mol. The minimum Gasteiger partial charge on any atom is -0.497 e. The molecule has 1 spiro atoms. The molecule has 1 aromatic heterocycles. The quantitative estimate of drug-likeness (QED) is 0.871. The molecule has 152 valence electrons.